The number of hydrogen-bond donors (Lipinski definition) is 1. The van der Waals surface area contributed by atoms with E-state index in [1.54, 1.807) is 16.7 Å². The summed E-state index contributed by atoms with van der Waals surface area (Å²) in [5.74, 6) is 0.983. The zero-order valence-corrected chi connectivity index (χ0v) is 14.3. The molecule has 0 bridgehead atoms. The molecule has 128 valence electrons. The first kappa shape index (κ1) is 17.7. The molecular weight excluding hydrogens is 290 g/mol. The second-order valence-electron chi connectivity index (χ2n) is 6.87. The summed E-state index contributed by atoms with van der Waals surface area (Å²) in [6.45, 7) is 8.84. The lowest BCUT2D eigenvalue weighted by atomic mass is 10.1. The second kappa shape index (κ2) is 8.87. The van der Waals surface area contributed by atoms with Crippen LogP contribution in [0.15, 0.2) is 29.2 Å². The molecule has 23 heavy (non-hydrogen) atoms. The summed E-state index contributed by atoms with van der Waals surface area (Å²) < 4.78 is 1.71. The van der Waals surface area contributed by atoms with E-state index in [2.05, 4.69) is 24.1 Å². The van der Waals surface area contributed by atoms with Crippen molar-refractivity contribution in [1.82, 2.24) is 14.8 Å². The fraction of sp³-hybridized carbons (Fsp3) is 0.667. The first-order chi connectivity index (χ1) is 11.1. The summed E-state index contributed by atoms with van der Waals surface area (Å²) in [5.41, 5.74) is 0.0349. The van der Waals surface area contributed by atoms with Crippen molar-refractivity contribution in [2.45, 2.75) is 39.7 Å². The topological polar surface area (TPSA) is 54.3 Å². The number of hydrogen-bond acceptors (Lipinski definition) is 3. The molecule has 1 aromatic heterocycles. The van der Waals surface area contributed by atoms with Crippen molar-refractivity contribution in [2.24, 2.45) is 11.8 Å². The van der Waals surface area contributed by atoms with E-state index < -0.39 is 0 Å². The first-order valence-corrected chi connectivity index (χ1v) is 8.72. The van der Waals surface area contributed by atoms with Gasteiger partial charge in [0.2, 0.25) is 11.5 Å². The van der Waals surface area contributed by atoms with E-state index in [0.29, 0.717) is 19.0 Å². The minimum atomic E-state index is 0.0349. The second-order valence-corrected chi connectivity index (χ2v) is 6.87. The molecule has 1 N–H and O–H groups in total. The highest BCUT2D eigenvalue weighted by Crippen LogP contribution is 2.17. The summed E-state index contributed by atoms with van der Waals surface area (Å²) >= 11 is 0. The van der Waals surface area contributed by atoms with Gasteiger partial charge in [0.15, 0.2) is 0 Å². The van der Waals surface area contributed by atoms with Crippen LogP contribution in [0.4, 0.5) is 0 Å². The number of unbranched alkanes of at least 4 members (excludes halogenated alkanes) is 1. The lowest BCUT2D eigenvalue weighted by Gasteiger charge is -2.18. The van der Waals surface area contributed by atoms with Gasteiger partial charge in [0.05, 0.1) is 5.92 Å². The Bertz CT molecular complexity index is 553. The largest absolute Gasteiger partial charge is 0.356 e. The standard InChI is InChI=1S/C18H29N3O2/c1-15(2)13-20-12-8-16(14-20)18(23)19-9-4-6-11-21-10-5-3-7-17(21)22/h3,5,7,10,15-16H,4,6,8-9,11-14H2,1-2H3,(H,19,23)/t16-/m0/s1. The van der Waals surface area contributed by atoms with Crippen LogP contribution in [-0.4, -0.2) is 41.6 Å². The molecule has 0 aliphatic carbocycles. The Kier molecular flexibility index (Phi) is 6.84. The van der Waals surface area contributed by atoms with E-state index in [0.717, 1.165) is 38.9 Å². The highest BCUT2D eigenvalue weighted by atomic mass is 16.2. The number of nitrogens with one attached hydrogen (secondary N) is 1. The number of carbonyl (C=O) groups excluding carboxylic acids is 1. The molecule has 1 fully saturated rings. The zero-order valence-electron chi connectivity index (χ0n) is 14.3. The van der Waals surface area contributed by atoms with E-state index in [1.807, 2.05) is 12.3 Å². The number of pyridine rings is 1. The van der Waals surface area contributed by atoms with E-state index in [4.69, 9.17) is 0 Å². The van der Waals surface area contributed by atoms with Crippen molar-refractivity contribution in [2.75, 3.05) is 26.2 Å². The molecule has 5 heteroatoms. The molecule has 2 heterocycles. The minimum absolute atomic E-state index is 0.0349. The van der Waals surface area contributed by atoms with E-state index in [9.17, 15) is 9.59 Å². The summed E-state index contributed by atoms with van der Waals surface area (Å²) in [7, 11) is 0. The van der Waals surface area contributed by atoms with Gasteiger partial charge >= 0.3 is 0 Å². The van der Waals surface area contributed by atoms with Gasteiger partial charge in [0.1, 0.15) is 0 Å². The van der Waals surface area contributed by atoms with Gasteiger partial charge in [-0.3, -0.25) is 9.59 Å². The predicted octanol–water partition coefficient (Wildman–Crippen LogP) is 1.72. The Hall–Kier alpha value is -1.62. The Morgan fingerprint density at radius 3 is 2.91 bits per heavy atom. The van der Waals surface area contributed by atoms with E-state index in [-0.39, 0.29) is 17.4 Å². The van der Waals surface area contributed by atoms with Crippen molar-refractivity contribution >= 4 is 5.91 Å². The molecule has 2 rings (SSSR count). The monoisotopic (exact) mass is 319 g/mol. The average molecular weight is 319 g/mol. The summed E-state index contributed by atoms with van der Waals surface area (Å²) in [6, 6.07) is 5.19. The number of carbonyl (C=O) groups is 1. The van der Waals surface area contributed by atoms with Gasteiger partial charge in [-0.25, -0.2) is 0 Å². The van der Waals surface area contributed by atoms with Gasteiger partial charge in [0, 0.05) is 38.4 Å². The lowest BCUT2D eigenvalue weighted by molar-refractivity contribution is -0.124. The van der Waals surface area contributed by atoms with E-state index >= 15 is 0 Å². The van der Waals surface area contributed by atoms with Crippen LogP contribution in [0.3, 0.4) is 0 Å². The van der Waals surface area contributed by atoms with Gasteiger partial charge < -0.3 is 14.8 Å². The van der Waals surface area contributed by atoms with Crippen LogP contribution in [-0.2, 0) is 11.3 Å². The van der Waals surface area contributed by atoms with Crippen molar-refractivity contribution < 1.29 is 4.79 Å². The molecule has 5 nitrogen and oxygen atoms in total. The predicted molar refractivity (Wildman–Crippen MR) is 92.3 cm³/mol. The maximum Gasteiger partial charge on any atom is 0.250 e. The molecule has 0 spiro atoms. The van der Waals surface area contributed by atoms with Crippen molar-refractivity contribution in [3.05, 3.63) is 34.7 Å². The normalized spacial score (nSPS) is 18.5. The maximum absolute atomic E-state index is 12.2. The summed E-state index contributed by atoms with van der Waals surface area (Å²) in [5, 5.41) is 3.05. The van der Waals surface area contributed by atoms with Crippen molar-refractivity contribution in [1.29, 1.82) is 0 Å². The van der Waals surface area contributed by atoms with Crippen LogP contribution in [0.2, 0.25) is 0 Å². The number of nitrogens with zero attached hydrogens (tertiary/aromatic N) is 2. The van der Waals surface area contributed by atoms with E-state index in [1.165, 1.54) is 0 Å². The minimum Gasteiger partial charge on any atom is -0.356 e. The Morgan fingerprint density at radius 1 is 1.35 bits per heavy atom. The molecule has 1 aliphatic heterocycles. The zero-order chi connectivity index (χ0) is 16.7. The fourth-order valence-electron chi connectivity index (χ4n) is 3.14. The highest BCUT2D eigenvalue weighted by Gasteiger charge is 2.27. The number of likely N-dealkylation sites (tertiary alicyclic amines) is 1. The quantitative estimate of drug-likeness (QED) is 0.742. The molecule has 0 aromatic carbocycles. The molecule has 0 unspecified atom stereocenters. The summed E-state index contributed by atoms with van der Waals surface area (Å²) in [6.07, 6.45) is 4.57. The number of aryl methyl sites for hydroxylation is 1. The molecule has 0 saturated carbocycles. The third-order valence-electron chi connectivity index (χ3n) is 4.29. The lowest BCUT2D eigenvalue weighted by Crippen LogP contribution is -2.34. The van der Waals surface area contributed by atoms with Crippen LogP contribution in [0.1, 0.15) is 33.1 Å². The highest BCUT2D eigenvalue weighted by molar-refractivity contribution is 5.79. The van der Waals surface area contributed by atoms with Crippen LogP contribution < -0.4 is 10.9 Å². The molecule has 0 radical (unpaired) electrons. The smallest absolute Gasteiger partial charge is 0.250 e. The third kappa shape index (κ3) is 5.82. The van der Waals surface area contributed by atoms with Crippen molar-refractivity contribution in [3.63, 3.8) is 0 Å². The van der Waals surface area contributed by atoms with Crippen LogP contribution in [0, 0.1) is 11.8 Å². The van der Waals surface area contributed by atoms with Gasteiger partial charge in [0.25, 0.3) is 0 Å². The van der Waals surface area contributed by atoms with Gasteiger partial charge in [-0.1, -0.05) is 19.9 Å². The summed E-state index contributed by atoms with van der Waals surface area (Å²) in [4.78, 5) is 26.1. The Labute approximate surface area is 138 Å². The molecular formula is C18H29N3O2. The van der Waals surface area contributed by atoms with Crippen molar-refractivity contribution in [3.8, 4) is 0 Å². The van der Waals surface area contributed by atoms with Gasteiger partial charge in [-0.2, -0.15) is 0 Å². The third-order valence-corrected chi connectivity index (χ3v) is 4.29. The molecule has 1 saturated heterocycles. The average Bonchev–Trinajstić information content (AvgIpc) is 2.96. The molecule has 1 aliphatic rings. The fourth-order valence-corrected chi connectivity index (χ4v) is 3.14. The Balaban J connectivity index is 1.60. The molecule has 1 atom stereocenters. The Morgan fingerprint density at radius 2 is 2.17 bits per heavy atom. The van der Waals surface area contributed by atoms with Gasteiger partial charge in [-0.15, -0.1) is 0 Å². The van der Waals surface area contributed by atoms with Crippen LogP contribution >= 0.6 is 0 Å². The van der Waals surface area contributed by atoms with Crippen LogP contribution in [0.25, 0.3) is 0 Å². The molecule has 1 amide bonds. The van der Waals surface area contributed by atoms with Crippen LogP contribution in [0.5, 0.6) is 0 Å². The number of aromatic nitrogens is 1. The number of amides is 1. The van der Waals surface area contributed by atoms with Gasteiger partial charge in [-0.05, 0) is 37.8 Å². The SMILES string of the molecule is CC(C)CN1CC[C@H](C(=O)NCCCCn2ccccc2=O)C1. The molecule has 1 aromatic rings. The first-order valence-electron chi connectivity index (χ1n) is 8.72. The number of rotatable bonds is 8. The maximum atomic E-state index is 12.2.